The van der Waals surface area contributed by atoms with Gasteiger partial charge >= 0.3 is 0 Å². The van der Waals surface area contributed by atoms with E-state index in [4.69, 9.17) is 0 Å². The van der Waals surface area contributed by atoms with Crippen LogP contribution < -0.4 is 9.62 Å². The van der Waals surface area contributed by atoms with Crippen LogP contribution in [0.3, 0.4) is 0 Å². The lowest BCUT2D eigenvalue weighted by Crippen LogP contribution is -2.50. The molecule has 0 saturated carbocycles. The number of amides is 2. The van der Waals surface area contributed by atoms with Gasteiger partial charge in [0, 0.05) is 13.6 Å². The lowest BCUT2D eigenvalue weighted by Gasteiger charge is -2.31. The summed E-state index contributed by atoms with van der Waals surface area (Å²) in [7, 11) is -2.22. The molecule has 0 heterocycles. The van der Waals surface area contributed by atoms with Crippen LogP contribution in [-0.2, 0) is 26.2 Å². The molecule has 168 valence electrons. The molecule has 2 aromatic rings. The van der Waals surface area contributed by atoms with Crippen molar-refractivity contribution in [3.05, 3.63) is 64.7 Å². The van der Waals surface area contributed by atoms with E-state index in [2.05, 4.69) is 5.32 Å². The molecule has 2 rings (SSSR count). The molecule has 0 aliphatic heterocycles. The number of likely N-dealkylation sites (N-methyl/N-ethyl adjacent to an activating group) is 1. The van der Waals surface area contributed by atoms with Crippen LogP contribution in [0.25, 0.3) is 0 Å². The first-order valence-corrected chi connectivity index (χ1v) is 11.9. The second kappa shape index (κ2) is 9.96. The fourth-order valence-corrected chi connectivity index (χ4v) is 4.34. The Morgan fingerprint density at radius 3 is 2.13 bits per heavy atom. The summed E-state index contributed by atoms with van der Waals surface area (Å²) >= 11 is 0. The maximum Gasteiger partial charge on any atom is 0.244 e. The number of sulfonamides is 1. The average Bonchev–Trinajstić information content (AvgIpc) is 2.67. The highest BCUT2D eigenvalue weighted by atomic mass is 32.2. The number of hydrogen-bond acceptors (Lipinski definition) is 4. The monoisotopic (exact) mass is 445 g/mol. The first-order chi connectivity index (χ1) is 14.4. The van der Waals surface area contributed by atoms with Gasteiger partial charge in [-0.2, -0.15) is 0 Å². The summed E-state index contributed by atoms with van der Waals surface area (Å²) in [5, 5.41) is 2.56. The molecule has 8 heteroatoms. The maximum atomic E-state index is 13.3. The van der Waals surface area contributed by atoms with Crippen molar-refractivity contribution < 1.29 is 18.0 Å². The number of carbonyl (C=O) groups excluding carboxylic acids is 2. The minimum Gasteiger partial charge on any atom is -0.357 e. The smallest absolute Gasteiger partial charge is 0.244 e. The second-order valence-electron chi connectivity index (χ2n) is 7.92. The molecule has 1 N–H and O–H groups in total. The Kier molecular flexibility index (Phi) is 7.84. The number of rotatable bonds is 8. The third kappa shape index (κ3) is 6.55. The Morgan fingerprint density at radius 2 is 1.61 bits per heavy atom. The van der Waals surface area contributed by atoms with E-state index in [0.717, 1.165) is 32.8 Å². The van der Waals surface area contributed by atoms with Gasteiger partial charge in [-0.05, 0) is 56.5 Å². The first-order valence-electron chi connectivity index (χ1n) is 10.0. The molecule has 2 aromatic carbocycles. The Hall–Kier alpha value is -2.87. The summed E-state index contributed by atoms with van der Waals surface area (Å²) in [6, 6.07) is 12.3. The molecule has 0 bridgehead atoms. The minimum absolute atomic E-state index is 0.194. The van der Waals surface area contributed by atoms with Crippen LogP contribution in [0.4, 0.5) is 5.69 Å². The van der Waals surface area contributed by atoms with Crippen LogP contribution in [0, 0.1) is 20.8 Å². The largest absolute Gasteiger partial charge is 0.357 e. The lowest BCUT2D eigenvalue weighted by atomic mass is 10.1. The molecule has 0 aliphatic carbocycles. The van der Waals surface area contributed by atoms with Gasteiger partial charge in [0.1, 0.15) is 12.6 Å². The molecule has 0 saturated heterocycles. The van der Waals surface area contributed by atoms with Crippen molar-refractivity contribution in [2.24, 2.45) is 0 Å². The molecule has 2 amide bonds. The number of benzene rings is 2. The van der Waals surface area contributed by atoms with E-state index in [0.29, 0.717) is 5.69 Å². The zero-order valence-corrected chi connectivity index (χ0v) is 19.8. The van der Waals surface area contributed by atoms with E-state index < -0.39 is 28.5 Å². The normalized spacial score (nSPS) is 12.2. The molecular formula is C23H31N3O4S. The molecule has 0 aliphatic rings. The molecule has 31 heavy (non-hydrogen) atoms. The fourth-order valence-electron chi connectivity index (χ4n) is 3.51. The molecule has 0 aromatic heterocycles. The Labute approximate surface area is 185 Å². The van der Waals surface area contributed by atoms with E-state index in [1.807, 2.05) is 51.1 Å². The third-order valence-corrected chi connectivity index (χ3v) is 6.16. The highest BCUT2D eigenvalue weighted by Gasteiger charge is 2.29. The topological polar surface area (TPSA) is 86.8 Å². The van der Waals surface area contributed by atoms with Crippen molar-refractivity contribution in [3.8, 4) is 0 Å². The Balaban J connectivity index is 2.42. The van der Waals surface area contributed by atoms with Gasteiger partial charge in [-0.25, -0.2) is 8.42 Å². The number of anilines is 1. The average molecular weight is 446 g/mol. The van der Waals surface area contributed by atoms with Gasteiger partial charge in [0.05, 0.1) is 11.9 Å². The third-order valence-electron chi connectivity index (χ3n) is 5.02. The van der Waals surface area contributed by atoms with Gasteiger partial charge in [0.25, 0.3) is 0 Å². The summed E-state index contributed by atoms with van der Waals surface area (Å²) in [5.74, 6) is -0.777. The first kappa shape index (κ1) is 24.4. The number of carbonyl (C=O) groups is 2. The van der Waals surface area contributed by atoms with Crippen molar-refractivity contribution in [2.45, 2.75) is 40.3 Å². The van der Waals surface area contributed by atoms with E-state index in [1.165, 1.54) is 11.9 Å². The number of hydrogen-bond donors (Lipinski definition) is 1. The zero-order valence-electron chi connectivity index (χ0n) is 19.0. The number of aryl methyl sites for hydroxylation is 3. The molecule has 7 nitrogen and oxygen atoms in total. The summed E-state index contributed by atoms with van der Waals surface area (Å²) in [6.45, 7) is 7.12. The molecule has 0 spiro atoms. The molecular weight excluding hydrogens is 414 g/mol. The van der Waals surface area contributed by atoms with Crippen LogP contribution in [0.5, 0.6) is 0 Å². The molecule has 1 unspecified atom stereocenters. The van der Waals surface area contributed by atoms with Crippen LogP contribution in [0.2, 0.25) is 0 Å². The molecule has 1 atom stereocenters. The molecule has 0 fully saturated rings. The summed E-state index contributed by atoms with van der Waals surface area (Å²) in [5.41, 5.74) is 4.11. The van der Waals surface area contributed by atoms with Crippen molar-refractivity contribution in [2.75, 3.05) is 24.2 Å². The van der Waals surface area contributed by atoms with E-state index in [-0.39, 0.29) is 12.5 Å². The fraction of sp³-hybridized carbons (Fsp3) is 0.391. The lowest BCUT2D eigenvalue weighted by molar-refractivity contribution is -0.139. The van der Waals surface area contributed by atoms with Crippen molar-refractivity contribution in [1.29, 1.82) is 0 Å². The highest BCUT2D eigenvalue weighted by Crippen LogP contribution is 2.22. The number of nitrogens with zero attached hydrogens (tertiary/aromatic N) is 2. The van der Waals surface area contributed by atoms with Crippen LogP contribution in [-0.4, -0.2) is 51.0 Å². The van der Waals surface area contributed by atoms with Crippen molar-refractivity contribution in [3.63, 3.8) is 0 Å². The van der Waals surface area contributed by atoms with Crippen molar-refractivity contribution in [1.82, 2.24) is 10.2 Å². The van der Waals surface area contributed by atoms with Gasteiger partial charge in [-0.15, -0.1) is 0 Å². The Bertz CT molecular complexity index is 1050. The molecule has 0 radical (unpaired) electrons. The van der Waals surface area contributed by atoms with E-state index >= 15 is 0 Å². The highest BCUT2D eigenvalue weighted by molar-refractivity contribution is 7.92. The number of nitrogens with one attached hydrogen (secondary N) is 1. The quantitative estimate of drug-likeness (QED) is 0.677. The van der Waals surface area contributed by atoms with Crippen LogP contribution >= 0.6 is 0 Å². The minimum atomic E-state index is -3.73. The maximum absolute atomic E-state index is 13.3. The summed E-state index contributed by atoms with van der Waals surface area (Å²) < 4.78 is 26.2. The SMILES string of the molecule is CNC(=O)C(C)N(Cc1cccc(C)c1)C(=O)CN(c1cc(C)cc(C)c1)S(C)(=O)=O. The van der Waals surface area contributed by atoms with E-state index in [9.17, 15) is 18.0 Å². The van der Waals surface area contributed by atoms with Gasteiger partial charge in [0.15, 0.2) is 0 Å². The summed E-state index contributed by atoms with van der Waals surface area (Å²) in [6.07, 6.45) is 1.07. The Morgan fingerprint density at radius 1 is 1.00 bits per heavy atom. The van der Waals surface area contributed by atoms with E-state index in [1.54, 1.807) is 19.1 Å². The van der Waals surface area contributed by atoms with Crippen molar-refractivity contribution >= 4 is 27.5 Å². The van der Waals surface area contributed by atoms with Gasteiger partial charge in [-0.3, -0.25) is 13.9 Å². The van der Waals surface area contributed by atoms with Crippen LogP contribution in [0.15, 0.2) is 42.5 Å². The van der Waals surface area contributed by atoms with Gasteiger partial charge < -0.3 is 10.2 Å². The predicted octanol–water partition coefficient (Wildman–Crippen LogP) is 2.54. The second-order valence-corrected chi connectivity index (χ2v) is 9.82. The standard InChI is InChI=1S/C23H31N3O4S/c1-16-8-7-9-20(11-16)14-25(19(4)23(28)24-5)22(27)15-26(31(6,29)30)21-12-17(2)10-18(3)13-21/h7-13,19H,14-15H2,1-6H3,(H,24,28). The summed E-state index contributed by atoms with van der Waals surface area (Å²) in [4.78, 5) is 27.1. The van der Waals surface area contributed by atoms with Gasteiger partial charge in [-0.1, -0.05) is 35.9 Å². The zero-order chi connectivity index (χ0) is 23.3. The van der Waals surface area contributed by atoms with Crippen LogP contribution in [0.1, 0.15) is 29.2 Å². The van der Waals surface area contributed by atoms with Gasteiger partial charge in [0.2, 0.25) is 21.8 Å². The predicted molar refractivity (Wildman–Crippen MR) is 123 cm³/mol.